The van der Waals surface area contributed by atoms with Crippen LogP contribution in [0.2, 0.25) is 0 Å². The number of nitriles is 2. The third kappa shape index (κ3) is 1.56. The van der Waals surface area contributed by atoms with Gasteiger partial charge in [-0.25, -0.2) is 0 Å². The van der Waals surface area contributed by atoms with Gasteiger partial charge in [-0.05, 0) is 33.9 Å². The van der Waals surface area contributed by atoms with Crippen molar-refractivity contribution in [2.24, 2.45) is 0 Å². The highest BCUT2D eigenvalue weighted by Gasteiger charge is 2.26. The molecule has 2 nitrogen and oxygen atoms in total. The monoisotopic (exact) mass is 254 g/mol. The average molecular weight is 254 g/mol. The molecule has 0 amide bonds. The molecule has 0 aromatic heterocycles. The lowest BCUT2D eigenvalue weighted by atomic mass is 9.98. The van der Waals surface area contributed by atoms with E-state index in [0.717, 1.165) is 33.4 Å². The first-order valence-electron chi connectivity index (χ1n) is 6.21. The Morgan fingerprint density at radius 2 is 1.55 bits per heavy atom. The van der Waals surface area contributed by atoms with E-state index in [0.29, 0.717) is 0 Å². The van der Waals surface area contributed by atoms with Gasteiger partial charge in [0.25, 0.3) is 0 Å². The summed E-state index contributed by atoms with van der Waals surface area (Å²) in [6.07, 6.45) is 1.76. The van der Waals surface area contributed by atoms with Gasteiger partial charge in [-0.2, -0.15) is 10.5 Å². The molecule has 2 aromatic carbocycles. The largest absolute Gasteiger partial charge is 0.192 e. The zero-order chi connectivity index (χ0) is 14.1. The van der Waals surface area contributed by atoms with Gasteiger partial charge in [-0.3, -0.25) is 0 Å². The number of benzene rings is 2. The van der Waals surface area contributed by atoms with E-state index in [1.54, 1.807) is 6.08 Å². The molecule has 0 unspecified atom stereocenters. The molecule has 0 aliphatic heterocycles. The van der Waals surface area contributed by atoms with E-state index in [1.807, 2.05) is 54.6 Å². The number of hydrogen-bond acceptors (Lipinski definition) is 2. The highest BCUT2D eigenvalue weighted by molar-refractivity contribution is 6.04. The standard InChI is InChI=1S/C18H10N2/c1-2-12-7-8-15-14-5-3-4-6-16(14)18(17(15)9-12)13(10-19)11-20/h2-9H,1H2. The second-order valence-corrected chi connectivity index (χ2v) is 4.53. The Labute approximate surface area is 117 Å². The molecule has 92 valence electrons. The van der Waals surface area contributed by atoms with E-state index < -0.39 is 0 Å². The summed E-state index contributed by atoms with van der Waals surface area (Å²) in [4.78, 5) is 0. The van der Waals surface area contributed by atoms with Crippen LogP contribution in [0.25, 0.3) is 22.8 Å². The lowest BCUT2D eigenvalue weighted by Gasteiger charge is -2.03. The average Bonchev–Trinajstić information content (AvgIpc) is 2.83. The number of allylic oxidation sites excluding steroid dienone is 1. The van der Waals surface area contributed by atoms with Crippen LogP contribution in [0, 0.1) is 22.7 Å². The summed E-state index contributed by atoms with van der Waals surface area (Å²) in [5, 5.41) is 18.4. The van der Waals surface area contributed by atoms with Crippen LogP contribution < -0.4 is 0 Å². The van der Waals surface area contributed by atoms with Crippen molar-refractivity contribution < 1.29 is 0 Å². The molecule has 0 spiro atoms. The molecule has 0 saturated heterocycles. The highest BCUT2D eigenvalue weighted by atomic mass is 14.3. The van der Waals surface area contributed by atoms with Crippen LogP contribution in [0.1, 0.15) is 16.7 Å². The van der Waals surface area contributed by atoms with Crippen molar-refractivity contribution in [2.75, 3.05) is 0 Å². The van der Waals surface area contributed by atoms with Crippen LogP contribution in [0.5, 0.6) is 0 Å². The second-order valence-electron chi connectivity index (χ2n) is 4.53. The lowest BCUT2D eigenvalue weighted by molar-refractivity contribution is 1.46. The zero-order valence-corrected chi connectivity index (χ0v) is 10.7. The van der Waals surface area contributed by atoms with Gasteiger partial charge < -0.3 is 0 Å². The molecule has 0 atom stereocenters. The second kappa shape index (κ2) is 4.53. The minimum absolute atomic E-state index is 0.150. The van der Waals surface area contributed by atoms with Gasteiger partial charge in [-0.15, -0.1) is 0 Å². The molecular formula is C18H10N2. The van der Waals surface area contributed by atoms with Crippen LogP contribution >= 0.6 is 0 Å². The van der Waals surface area contributed by atoms with E-state index in [9.17, 15) is 10.5 Å². The molecule has 0 fully saturated rings. The maximum atomic E-state index is 9.21. The minimum atomic E-state index is 0.150. The fraction of sp³-hybridized carbons (Fsp3) is 0. The SMILES string of the molecule is C=Cc1ccc2c(c1)C(=C(C#N)C#N)c1ccccc1-2. The topological polar surface area (TPSA) is 47.6 Å². The van der Waals surface area contributed by atoms with E-state index in [-0.39, 0.29) is 5.57 Å². The molecule has 1 aliphatic carbocycles. The first-order valence-corrected chi connectivity index (χ1v) is 6.21. The fourth-order valence-electron chi connectivity index (χ4n) is 2.62. The van der Waals surface area contributed by atoms with Crippen molar-refractivity contribution in [3.8, 4) is 23.3 Å². The van der Waals surface area contributed by atoms with Gasteiger partial charge in [0, 0.05) is 5.57 Å². The van der Waals surface area contributed by atoms with Gasteiger partial charge in [-0.1, -0.05) is 49.1 Å². The molecule has 0 heterocycles. The van der Waals surface area contributed by atoms with Crippen LogP contribution in [-0.4, -0.2) is 0 Å². The molecule has 2 heteroatoms. The highest BCUT2D eigenvalue weighted by Crippen LogP contribution is 2.45. The van der Waals surface area contributed by atoms with Crippen LogP contribution in [0.15, 0.2) is 54.6 Å². The number of fused-ring (bicyclic) bond motifs is 3. The van der Waals surface area contributed by atoms with Crippen molar-refractivity contribution in [1.82, 2.24) is 0 Å². The predicted octanol–water partition coefficient (Wildman–Crippen LogP) is 4.16. The smallest absolute Gasteiger partial charge is 0.138 e. The number of nitrogens with zero attached hydrogens (tertiary/aromatic N) is 2. The van der Waals surface area contributed by atoms with Gasteiger partial charge in [0.1, 0.15) is 17.7 Å². The van der Waals surface area contributed by atoms with Crippen molar-refractivity contribution in [2.45, 2.75) is 0 Å². The maximum Gasteiger partial charge on any atom is 0.138 e. The van der Waals surface area contributed by atoms with Crippen molar-refractivity contribution in [3.63, 3.8) is 0 Å². The molecule has 0 N–H and O–H groups in total. The Balaban J connectivity index is 2.45. The quantitative estimate of drug-likeness (QED) is 0.612. The summed E-state index contributed by atoms with van der Waals surface area (Å²) in [5.41, 5.74) is 5.86. The number of hydrogen-bond donors (Lipinski definition) is 0. The summed E-state index contributed by atoms with van der Waals surface area (Å²) in [6, 6.07) is 17.9. The lowest BCUT2D eigenvalue weighted by Crippen LogP contribution is -1.87. The van der Waals surface area contributed by atoms with E-state index in [1.165, 1.54) is 0 Å². The molecule has 2 aromatic rings. The zero-order valence-electron chi connectivity index (χ0n) is 10.7. The normalized spacial score (nSPS) is 11.0. The Morgan fingerprint density at radius 3 is 2.20 bits per heavy atom. The van der Waals surface area contributed by atoms with Crippen molar-refractivity contribution >= 4 is 11.6 Å². The predicted molar refractivity (Wildman–Crippen MR) is 79.2 cm³/mol. The molecule has 3 rings (SSSR count). The summed E-state index contributed by atoms with van der Waals surface area (Å²) in [6.45, 7) is 3.77. The molecule has 1 aliphatic rings. The van der Waals surface area contributed by atoms with Crippen molar-refractivity contribution in [3.05, 3.63) is 71.3 Å². The Hall–Kier alpha value is -3.10. The number of rotatable bonds is 1. The third-order valence-electron chi connectivity index (χ3n) is 3.51. The maximum absolute atomic E-state index is 9.21. The minimum Gasteiger partial charge on any atom is -0.192 e. The molecule has 0 bridgehead atoms. The van der Waals surface area contributed by atoms with Crippen molar-refractivity contribution in [1.29, 1.82) is 10.5 Å². The van der Waals surface area contributed by atoms with Gasteiger partial charge in [0.2, 0.25) is 0 Å². The third-order valence-corrected chi connectivity index (χ3v) is 3.51. The van der Waals surface area contributed by atoms with Gasteiger partial charge >= 0.3 is 0 Å². The van der Waals surface area contributed by atoms with Crippen LogP contribution in [0.4, 0.5) is 0 Å². The fourth-order valence-corrected chi connectivity index (χ4v) is 2.62. The summed E-state index contributed by atoms with van der Waals surface area (Å²) in [5.74, 6) is 0. The summed E-state index contributed by atoms with van der Waals surface area (Å²) in [7, 11) is 0. The summed E-state index contributed by atoms with van der Waals surface area (Å²) < 4.78 is 0. The first kappa shape index (κ1) is 12.0. The Kier molecular flexibility index (Phi) is 2.71. The Morgan fingerprint density at radius 1 is 0.900 bits per heavy atom. The van der Waals surface area contributed by atoms with E-state index in [2.05, 4.69) is 6.58 Å². The van der Waals surface area contributed by atoms with E-state index >= 15 is 0 Å². The molecule has 0 saturated carbocycles. The molecule has 0 radical (unpaired) electrons. The van der Waals surface area contributed by atoms with Gasteiger partial charge in [0.15, 0.2) is 0 Å². The summed E-state index contributed by atoms with van der Waals surface area (Å²) >= 11 is 0. The van der Waals surface area contributed by atoms with Crippen LogP contribution in [0.3, 0.4) is 0 Å². The van der Waals surface area contributed by atoms with Gasteiger partial charge in [0.05, 0.1) is 0 Å². The molecule has 20 heavy (non-hydrogen) atoms. The first-order chi connectivity index (χ1) is 9.80. The van der Waals surface area contributed by atoms with Crippen LogP contribution in [-0.2, 0) is 0 Å². The van der Waals surface area contributed by atoms with E-state index in [4.69, 9.17) is 0 Å². The Bertz CT molecular complexity index is 826. The molecular weight excluding hydrogens is 244 g/mol.